The number of hydrogen-bond donors (Lipinski definition) is 0. The van der Waals surface area contributed by atoms with Gasteiger partial charge < -0.3 is 4.40 Å². The second-order valence-electron chi connectivity index (χ2n) is 9.52. The smallest absolute Gasteiger partial charge is 0.0774 e. The quantitative estimate of drug-likeness (QED) is 0.139. The second kappa shape index (κ2) is 8.75. The van der Waals surface area contributed by atoms with E-state index in [1.54, 1.807) is 0 Å². The first-order valence-electron chi connectivity index (χ1n) is 11.8. The fourth-order valence-electron chi connectivity index (χ4n) is 5.59. The molecule has 0 N–H and O–H groups in total. The van der Waals surface area contributed by atoms with Crippen LogP contribution in [0.3, 0.4) is 0 Å². The Bertz CT molecular complexity index is 1740. The molecule has 4 aromatic carbocycles. The molecule has 175 valence electrons. The van der Waals surface area contributed by atoms with Crippen LogP contribution in [0.25, 0.3) is 49.7 Å². The monoisotopic (exact) mass is 632 g/mol. The fourth-order valence-corrected chi connectivity index (χ4v) is 5.59. The summed E-state index contributed by atoms with van der Waals surface area (Å²) in [6.45, 7) is 10.9. The minimum Gasteiger partial charge on any atom is -0.339 e. The van der Waals surface area contributed by atoms with Crippen LogP contribution in [0, 0.1) is 40.7 Å². The predicted molar refractivity (Wildman–Crippen MR) is 144 cm³/mol. The van der Waals surface area contributed by atoms with Gasteiger partial charge in [0.1, 0.15) is 0 Å². The molecule has 0 saturated carbocycles. The summed E-state index contributed by atoms with van der Waals surface area (Å²) >= 11 is 0. The van der Waals surface area contributed by atoms with E-state index in [2.05, 4.69) is 118 Å². The van der Waals surface area contributed by atoms with Crippen molar-refractivity contribution in [1.82, 2.24) is 9.38 Å². The van der Waals surface area contributed by atoms with Gasteiger partial charge >= 0.3 is 0 Å². The Balaban J connectivity index is 0.00000253. The first-order chi connectivity index (χ1) is 16.4. The van der Waals surface area contributed by atoms with Gasteiger partial charge in [-0.2, -0.15) is 0 Å². The first kappa shape index (κ1) is 23.5. The Labute approximate surface area is 220 Å². The fraction of sp³-hybridized carbons (Fsp3) is 0.156. The number of nitrogens with zero attached hydrogens (tertiary/aromatic N) is 2. The average molecular weight is 632 g/mol. The molecule has 35 heavy (non-hydrogen) atoms. The van der Waals surface area contributed by atoms with E-state index in [9.17, 15) is 0 Å². The molecule has 0 saturated heterocycles. The molecule has 0 atom stereocenters. The minimum atomic E-state index is 0. The summed E-state index contributed by atoms with van der Waals surface area (Å²) in [4.78, 5) is 5.20. The minimum absolute atomic E-state index is 0. The van der Waals surface area contributed by atoms with Crippen molar-refractivity contribution in [2.24, 2.45) is 0 Å². The van der Waals surface area contributed by atoms with E-state index in [4.69, 9.17) is 4.98 Å². The zero-order valence-electron chi connectivity index (χ0n) is 20.7. The summed E-state index contributed by atoms with van der Waals surface area (Å²) in [5.74, 6) is 0. The van der Waals surface area contributed by atoms with E-state index in [0.717, 1.165) is 16.7 Å². The van der Waals surface area contributed by atoms with E-state index >= 15 is 0 Å². The molecule has 0 spiro atoms. The van der Waals surface area contributed by atoms with Crippen LogP contribution in [-0.2, 0) is 20.1 Å². The second-order valence-corrected chi connectivity index (χ2v) is 9.52. The van der Waals surface area contributed by atoms with Crippen LogP contribution >= 0.6 is 0 Å². The predicted octanol–water partition coefficient (Wildman–Crippen LogP) is 8.31. The maximum Gasteiger partial charge on any atom is 0.0774 e. The normalized spacial score (nSPS) is 11.3. The van der Waals surface area contributed by atoms with Gasteiger partial charge in [0, 0.05) is 37.4 Å². The Hall–Kier alpha value is -3.26. The third-order valence-corrected chi connectivity index (χ3v) is 7.05. The molecule has 6 rings (SSSR count). The maximum atomic E-state index is 5.20. The summed E-state index contributed by atoms with van der Waals surface area (Å²) in [6, 6.07) is 27.5. The van der Waals surface area contributed by atoms with Crippen LogP contribution in [0.2, 0.25) is 0 Å². The van der Waals surface area contributed by atoms with E-state index in [1.807, 2.05) is 0 Å². The van der Waals surface area contributed by atoms with Crippen molar-refractivity contribution < 1.29 is 20.1 Å². The summed E-state index contributed by atoms with van der Waals surface area (Å²) in [6.07, 6.45) is 2.20. The van der Waals surface area contributed by atoms with E-state index < -0.39 is 0 Å². The Kier molecular flexibility index (Phi) is 5.87. The third-order valence-electron chi connectivity index (χ3n) is 7.05. The van der Waals surface area contributed by atoms with Crippen molar-refractivity contribution in [1.29, 1.82) is 0 Å². The summed E-state index contributed by atoms with van der Waals surface area (Å²) < 4.78 is 2.28. The topological polar surface area (TPSA) is 17.3 Å². The number of fused-ring (bicyclic) bond motifs is 6. The number of aryl methyl sites for hydroxylation is 5. The Morgan fingerprint density at radius 1 is 0.743 bits per heavy atom. The van der Waals surface area contributed by atoms with Gasteiger partial charge in [-0.05, 0) is 67.8 Å². The number of hydrogen-bond acceptors (Lipinski definition) is 1. The van der Waals surface area contributed by atoms with Gasteiger partial charge in [0.2, 0.25) is 0 Å². The van der Waals surface area contributed by atoms with Crippen LogP contribution in [0.5, 0.6) is 0 Å². The summed E-state index contributed by atoms with van der Waals surface area (Å²) in [5.41, 5.74) is 13.2. The molecule has 1 radical (unpaired) electrons. The molecule has 0 aliphatic heterocycles. The number of aromatic nitrogens is 2. The van der Waals surface area contributed by atoms with E-state index in [-0.39, 0.29) is 20.1 Å². The summed E-state index contributed by atoms with van der Waals surface area (Å²) in [5, 5.41) is 3.55. The van der Waals surface area contributed by atoms with Crippen molar-refractivity contribution >= 4 is 27.3 Å². The molecule has 2 heterocycles. The van der Waals surface area contributed by atoms with Gasteiger partial charge in [-0.25, -0.2) is 0 Å². The van der Waals surface area contributed by atoms with Crippen LogP contribution < -0.4 is 0 Å². The zero-order chi connectivity index (χ0) is 23.6. The SMILES string of the molecule is Cc1cc(C)c2c(c1)c1c(-c3c(C)cccc3C)cc[c-]c1c1nc(-c3ccccc3C)cn12.[Ir]. The zero-order valence-corrected chi connectivity index (χ0v) is 23.1. The van der Waals surface area contributed by atoms with Crippen LogP contribution in [0.15, 0.2) is 72.9 Å². The van der Waals surface area contributed by atoms with Crippen LogP contribution in [-0.4, -0.2) is 9.38 Å². The number of pyridine rings is 1. The molecule has 2 aromatic heterocycles. The Morgan fingerprint density at radius 3 is 2.20 bits per heavy atom. The largest absolute Gasteiger partial charge is 0.339 e. The molecule has 6 aromatic rings. The van der Waals surface area contributed by atoms with Gasteiger partial charge in [0.05, 0.1) is 11.3 Å². The molecule has 0 fully saturated rings. The van der Waals surface area contributed by atoms with Gasteiger partial charge in [-0.15, -0.1) is 18.2 Å². The number of imidazole rings is 1. The molecular formula is C32H27IrN2-. The van der Waals surface area contributed by atoms with Gasteiger partial charge in [0.15, 0.2) is 0 Å². The Morgan fingerprint density at radius 2 is 1.46 bits per heavy atom. The first-order valence-corrected chi connectivity index (χ1v) is 11.8. The van der Waals surface area contributed by atoms with Crippen molar-refractivity contribution in [2.75, 3.05) is 0 Å². The maximum absolute atomic E-state index is 5.20. The van der Waals surface area contributed by atoms with Crippen molar-refractivity contribution in [3.05, 3.63) is 107 Å². The average Bonchev–Trinajstić information content (AvgIpc) is 3.24. The van der Waals surface area contributed by atoms with Crippen molar-refractivity contribution in [3.8, 4) is 22.4 Å². The molecule has 2 nitrogen and oxygen atoms in total. The summed E-state index contributed by atoms with van der Waals surface area (Å²) in [7, 11) is 0. The molecule has 0 aliphatic rings. The van der Waals surface area contributed by atoms with Gasteiger partial charge in [-0.1, -0.05) is 76.5 Å². The third kappa shape index (κ3) is 3.62. The van der Waals surface area contributed by atoms with Gasteiger partial charge in [0.25, 0.3) is 0 Å². The standard InChI is InChI=1S/C32H27N2.Ir/c1-19-16-23(5)31-27(17-19)30-25(29-21(3)11-8-12-22(29)4)14-9-15-26(30)32-33-28(18-34(31)32)24-13-7-6-10-20(24)2;/h6-14,16-18H,1-5H3;/q-1;. The van der Waals surface area contributed by atoms with Crippen LogP contribution in [0.4, 0.5) is 0 Å². The van der Waals surface area contributed by atoms with Gasteiger partial charge in [-0.3, -0.25) is 4.98 Å². The van der Waals surface area contributed by atoms with Crippen molar-refractivity contribution in [3.63, 3.8) is 0 Å². The molecule has 3 heteroatoms. The molecular weight excluding hydrogens is 605 g/mol. The van der Waals surface area contributed by atoms with E-state index in [1.165, 1.54) is 60.8 Å². The molecule has 0 unspecified atom stereocenters. The van der Waals surface area contributed by atoms with Crippen LogP contribution in [0.1, 0.15) is 27.8 Å². The van der Waals surface area contributed by atoms with E-state index in [0.29, 0.717) is 0 Å². The van der Waals surface area contributed by atoms with Crippen molar-refractivity contribution in [2.45, 2.75) is 34.6 Å². The molecule has 0 bridgehead atoms. The molecule has 0 amide bonds. The number of rotatable bonds is 2. The number of benzene rings is 4. The molecule has 0 aliphatic carbocycles.